The van der Waals surface area contributed by atoms with E-state index < -0.39 is 0 Å². The molecule has 0 spiro atoms. The standard InChI is InChI=1S/C14H23NO.ClH/c1-10(2)11-5-7-12(8-6-11)13(15)14(3,4)9-16;/h5-8,10,13,16H,9,15H2,1-4H3;1H/t13-;/m0./s1. The van der Waals surface area contributed by atoms with Crippen LogP contribution in [0.25, 0.3) is 0 Å². The van der Waals surface area contributed by atoms with Crippen LogP contribution in [0.1, 0.15) is 50.8 Å². The van der Waals surface area contributed by atoms with Crippen molar-refractivity contribution in [2.75, 3.05) is 6.61 Å². The van der Waals surface area contributed by atoms with E-state index in [4.69, 9.17) is 5.73 Å². The minimum absolute atomic E-state index is 0. The number of nitrogens with two attached hydrogens (primary N) is 1. The van der Waals surface area contributed by atoms with Gasteiger partial charge in [0.15, 0.2) is 0 Å². The number of aliphatic hydroxyl groups excluding tert-OH is 1. The zero-order chi connectivity index (χ0) is 12.3. The Labute approximate surface area is 111 Å². The Morgan fingerprint density at radius 3 is 1.88 bits per heavy atom. The minimum Gasteiger partial charge on any atom is -0.396 e. The number of benzene rings is 1. The van der Waals surface area contributed by atoms with E-state index in [1.165, 1.54) is 5.56 Å². The molecule has 1 rings (SSSR count). The molecular formula is C14H24ClNO. The molecule has 1 aromatic rings. The van der Waals surface area contributed by atoms with Gasteiger partial charge in [-0.15, -0.1) is 12.4 Å². The lowest BCUT2D eigenvalue weighted by Gasteiger charge is -2.29. The van der Waals surface area contributed by atoms with Crippen LogP contribution in [0.4, 0.5) is 0 Å². The van der Waals surface area contributed by atoms with Crippen LogP contribution in [0, 0.1) is 5.41 Å². The summed E-state index contributed by atoms with van der Waals surface area (Å²) in [5.41, 5.74) is 8.27. The predicted molar refractivity (Wildman–Crippen MR) is 75.6 cm³/mol. The topological polar surface area (TPSA) is 46.2 Å². The van der Waals surface area contributed by atoms with Gasteiger partial charge in [-0.3, -0.25) is 0 Å². The maximum absolute atomic E-state index is 9.29. The molecule has 0 unspecified atom stereocenters. The summed E-state index contributed by atoms with van der Waals surface area (Å²) < 4.78 is 0. The van der Waals surface area contributed by atoms with Gasteiger partial charge in [0.05, 0.1) is 0 Å². The Morgan fingerprint density at radius 1 is 1.12 bits per heavy atom. The number of hydrogen-bond acceptors (Lipinski definition) is 2. The molecule has 1 atom stereocenters. The summed E-state index contributed by atoms with van der Waals surface area (Å²) >= 11 is 0. The summed E-state index contributed by atoms with van der Waals surface area (Å²) in [5, 5.41) is 9.29. The predicted octanol–water partition coefficient (Wildman–Crippen LogP) is 3.25. The smallest absolute Gasteiger partial charge is 0.0500 e. The van der Waals surface area contributed by atoms with E-state index in [-0.39, 0.29) is 30.5 Å². The third kappa shape index (κ3) is 3.98. The first-order chi connectivity index (χ1) is 7.38. The molecule has 98 valence electrons. The van der Waals surface area contributed by atoms with Gasteiger partial charge in [0.2, 0.25) is 0 Å². The van der Waals surface area contributed by atoms with Crippen molar-refractivity contribution in [2.24, 2.45) is 11.1 Å². The van der Waals surface area contributed by atoms with E-state index >= 15 is 0 Å². The first-order valence-corrected chi connectivity index (χ1v) is 5.85. The SMILES string of the molecule is CC(C)c1ccc([C@H](N)C(C)(C)CO)cc1.Cl. The van der Waals surface area contributed by atoms with Crippen LogP contribution in [0.15, 0.2) is 24.3 Å². The third-order valence-electron chi connectivity index (χ3n) is 3.21. The number of hydrogen-bond donors (Lipinski definition) is 2. The summed E-state index contributed by atoms with van der Waals surface area (Å²) in [6, 6.07) is 8.24. The van der Waals surface area contributed by atoms with E-state index in [9.17, 15) is 5.11 Å². The van der Waals surface area contributed by atoms with Crippen LogP contribution in [0.2, 0.25) is 0 Å². The van der Waals surface area contributed by atoms with Crippen LogP contribution in [-0.2, 0) is 0 Å². The van der Waals surface area contributed by atoms with E-state index in [2.05, 4.69) is 38.1 Å². The number of aliphatic hydroxyl groups is 1. The highest BCUT2D eigenvalue weighted by atomic mass is 35.5. The van der Waals surface area contributed by atoms with Crippen LogP contribution in [-0.4, -0.2) is 11.7 Å². The Morgan fingerprint density at radius 2 is 1.53 bits per heavy atom. The van der Waals surface area contributed by atoms with Gasteiger partial charge < -0.3 is 10.8 Å². The van der Waals surface area contributed by atoms with Crippen molar-refractivity contribution in [3.05, 3.63) is 35.4 Å². The van der Waals surface area contributed by atoms with Crippen LogP contribution in [0.5, 0.6) is 0 Å². The zero-order valence-electron chi connectivity index (χ0n) is 11.1. The van der Waals surface area contributed by atoms with Gasteiger partial charge in [0.1, 0.15) is 0 Å². The number of rotatable bonds is 4. The Bertz CT molecular complexity index is 333. The average Bonchev–Trinajstić information content (AvgIpc) is 2.28. The first-order valence-electron chi connectivity index (χ1n) is 5.85. The highest BCUT2D eigenvalue weighted by Crippen LogP contribution is 2.31. The van der Waals surface area contributed by atoms with Crippen LogP contribution >= 0.6 is 12.4 Å². The Kier molecular flexibility index (Phi) is 6.17. The van der Waals surface area contributed by atoms with Gasteiger partial charge in [-0.25, -0.2) is 0 Å². The molecular weight excluding hydrogens is 234 g/mol. The second-order valence-corrected chi connectivity index (χ2v) is 5.45. The monoisotopic (exact) mass is 257 g/mol. The van der Waals surface area contributed by atoms with Crippen LogP contribution < -0.4 is 5.73 Å². The molecule has 0 heterocycles. The largest absolute Gasteiger partial charge is 0.396 e. The lowest BCUT2D eigenvalue weighted by Crippen LogP contribution is -2.32. The highest BCUT2D eigenvalue weighted by Gasteiger charge is 2.26. The van der Waals surface area contributed by atoms with E-state index in [1.807, 2.05) is 13.8 Å². The summed E-state index contributed by atoms with van der Waals surface area (Å²) in [7, 11) is 0. The third-order valence-corrected chi connectivity index (χ3v) is 3.21. The lowest BCUT2D eigenvalue weighted by molar-refractivity contribution is 0.132. The van der Waals surface area contributed by atoms with Crippen LogP contribution in [0.3, 0.4) is 0 Å². The van der Waals surface area contributed by atoms with Crippen molar-refractivity contribution in [3.63, 3.8) is 0 Å². The highest BCUT2D eigenvalue weighted by molar-refractivity contribution is 5.85. The van der Waals surface area contributed by atoms with E-state index in [0.717, 1.165) is 5.56 Å². The molecule has 0 amide bonds. The maximum Gasteiger partial charge on any atom is 0.0500 e. The molecule has 0 aromatic heterocycles. The summed E-state index contributed by atoms with van der Waals surface area (Å²) in [4.78, 5) is 0. The lowest BCUT2D eigenvalue weighted by atomic mass is 9.81. The van der Waals surface area contributed by atoms with Crippen molar-refractivity contribution >= 4 is 12.4 Å². The van der Waals surface area contributed by atoms with E-state index in [0.29, 0.717) is 5.92 Å². The van der Waals surface area contributed by atoms with Crippen molar-refractivity contribution in [1.82, 2.24) is 0 Å². The average molecular weight is 258 g/mol. The molecule has 0 fully saturated rings. The maximum atomic E-state index is 9.29. The van der Waals surface area contributed by atoms with Gasteiger partial charge in [0.25, 0.3) is 0 Å². The fraction of sp³-hybridized carbons (Fsp3) is 0.571. The van der Waals surface area contributed by atoms with Gasteiger partial charge in [-0.2, -0.15) is 0 Å². The molecule has 0 aliphatic carbocycles. The van der Waals surface area contributed by atoms with Crippen molar-refractivity contribution in [1.29, 1.82) is 0 Å². The Balaban J connectivity index is 0.00000256. The normalized spacial score (nSPS) is 13.4. The molecule has 0 aliphatic rings. The second kappa shape index (κ2) is 6.39. The fourth-order valence-electron chi connectivity index (χ4n) is 1.64. The molecule has 1 aromatic carbocycles. The molecule has 0 radical (unpaired) electrons. The van der Waals surface area contributed by atoms with Crippen molar-refractivity contribution < 1.29 is 5.11 Å². The first kappa shape index (κ1) is 16.4. The quantitative estimate of drug-likeness (QED) is 0.870. The Hall–Kier alpha value is -0.570. The second-order valence-electron chi connectivity index (χ2n) is 5.45. The minimum atomic E-state index is -0.278. The van der Waals surface area contributed by atoms with Gasteiger partial charge in [0, 0.05) is 18.1 Å². The number of halogens is 1. The van der Waals surface area contributed by atoms with Crippen molar-refractivity contribution in [3.8, 4) is 0 Å². The van der Waals surface area contributed by atoms with E-state index in [1.54, 1.807) is 0 Å². The molecule has 0 bridgehead atoms. The molecule has 17 heavy (non-hydrogen) atoms. The molecule has 0 aliphatic heterocycles. The van der Waals surface area contributed by atoms with Gasteiger partial charge in [-0.1, -0.05) is 52.0 Å². The summed E-state index contributed by atoms with van der Waals surface area (Å²) in [5.74, 6) is 0.538. The summed E-state index contributed by atoms with van der Waals surface area (Å²) in [6.07, 6.45) is 0. The molecule has 2 nitrogen and oxygen atoms in total. The molecule has 0 saturated heterocycles. The van der Waals surface area contributed by atoms with Gasteiger partial charge >= 0.3 is 0 Å². The molecule has 3 N–H and O–H groups in total. The zero-order valence-corrected chi connectivity index (χ0v) is 11.9. The fourth-order valence-corrected chi connectivity index (χ4v) is 1.64. The molecule has 0 saturated carbocycles. The molecule has 3 heteroatoms. The van der Waals surface area contributed by atoms with Crippen molar-refractivity contribution in [2.45, 2.75) is 39.7 Å². The van der Waals surface area contributed by atoms with Gasteiger partial charge in [-0.05, 0) is 17.0 Å². The summed E-state index contributed by atoms with van der Waals surface area (Å²) in [6.45, 7) is 8.40.